The van der Waals surface area contributed by atoms with Crippen LogP contribution in [0.3, 0.4) is 0 Å². The van der Waals surface area contributed by atoms with Gasteiger partial charge in [-0.05, 0) is 31.5 Å². The van der Waals surface area contributed by atoms with Crippen LogP contribution in [-0.4, -0.2) is 30.3 Å². The van der Waals surface area contributed by atoms with E-state index in [1.54, 1.807) is 0 Å². The van der Waals surface area contributed by atoms with E-state index in [0.29, 0.717) is 19.5 Å². The molecule has 1 heterocycles. The lowest BCUT2D eigenvalue weighted by molar-refractivity contribution is 0.580. The van der Waals surface area contributed by atoms with Gasteiger partial charge in [0.2, 0.25) is 10.0 Å². The number of imidazole rings is 1. The van der Waals surface area contributed by atoms with Crippen molar-refractivity contribution in [1.82, 2.24) is 14.9 Å². The zero-order chi connectivity index (χ0) is 15.3. The summed E-state index contributed by atoms with van der Waals surface area (Å²) in [5.74, 6) is 0.986. The maximum atomic E-state index is 10.9. The number of nitrogens with two attached hydrogens (primary N) is 1. The van der Waals surface area contributed by atoms with Crippen LogP contribution < -0.4 is 10.5 Å². The maximum Gasteiger partial charge on any atom is 0.209 e. The molecule has 6 nitrogen and oxygen atoms in total. The minimum absolute atomic E-state index is 0.00533. The van der Waals surface area contributed by atoms with Gasteiger partial charge in [-0.25, -0.2) is 18.5 Å². The van der Waals surface area contributed by atoms with Crippen molar-refractivity contribution in [1.29, 1.82) is 0 Å². The second-order valence-electron chi connectivity index (χ2n) is 5.07. The highest BCUT2D eigenvalue weighted by atomic mass is 32.2. The molecular weight excluding hydrogens is 288 g/mol. The summed E-state index contributed by atoms with van der Waals surface area (Å²) in [5.41, 5.74) is 2.13. The Morgan fingerprint density at radius 3 is 2.81 bits per heavy atom. The molecule has 0 radical (unpaired) electrons. The number of primary sulfonamides is 1. The second kappa shape index (κ2) is 7.02. The average molecular weight is 310 g/mol. The number of aryl methyl sites for hydroxylation is 1. The van der Waals surface area contributed by atoms with Gasteiger partial charge in [-0.1, -0.05) is 19.1 Å². The number of nitrogens with one attached hydrogen (secondary N) is 1. The average Bonchev–Trinajstić information content (AvgIpc) is 2.76. The molecule has 0 bridgehead atoms. The fourth-order valence-corrected chi connectivity index (χ4v) is 2.88. The van der Waals surface area contributed by atoms with Gasteiger partial charge in [-0.3, -0.25) is 0 Å². The summed E-state index contributed by atoms with van der Waals surface area (Å²) in [7, 11) is -3.37. The molecule has 0 saturated heterocycles. The molecule has 0 atom stereocenters. The molecule has 7 heteroatoms. The highest BCUT2D eigenvalue weighted by Crippen LogP contribution is 2.16. The molecule has 0 aliphatic rings. The van der Waals surface area contributed by atoms with Gasteiger partial charge in [0.15, 0.2) is 0 Å². The largest absolute Gasteiger partial charge is 0.327 e. The van der Waals surface area contributed by atoms with Crippen LogP contribution in [0.25, 0.3) is 11.0 Å². The first-order chi connectivity index (χ1) is 10.0. The van der Waals surface area contributed by atoms with E-state index in [4.69, 9.17) is 5.14 Å². The Morgan fingerprint density at radius 1 is 1.33 bits per heavy atom. The molecule has 0 amide bonds. The molecule has 0 fully saturated rings. The Morgan fingerprint density at radius 2 is 2.10 bits per heavy atom. The van der Waals surface area contributed by atoms with Crippen molar-refractivity contribution in [3.8, 4) is 0 Å². The Kier molecular flexibility index (Phi) is 5.33. The first kappa shape index (κ1) is 15.9. The highest BCUT2D eigenvalue weighted by molar-refractivity contribution is 7.89. The molecule has 2 rings (SSSR count). The zero-order valence-electron chi connectivity index (χ0n) is 12.2. The molecule has 0 saturated carbocycles. The van der Waals surface area contributed by atoms with E-state index in [1.165, 1.54) is 0 Å². The first-order valence-electron chi connectivity index (χ1n) is 7.16. The third kappa shape index (κ3) is 4.52. The van der Waals surface area contributed by atoms with Gasteiger partial charge in [-0.2, -0.15) is 0 Å². The first-order valence-corrected chi connectivity index (χ1v) is 8.88. The van der Waals surface area contributed by atoms with Crippen molar-refractivity contribution >= 4 is 21.1 Å². The predicted molar refractivity (Wildman–Crippen MR) is 84.3 cm³/mol. The molecule has 0 aliphatic carbocycles. The molecule has 0 unspecified atom stereocenters. The van der Waals surface area contributed by atoms with Gasteiger partial charge in [0.1, 0.15) is 5.82 Å². The fourth-order valence-electron chi connectivity index (χ4n) is 2.33. The van der Waals surface area contributed by atoms with E-state index in [-0.39, 0.29) is 5.75 Å². The third-order valence-electron chi connectivity index (χ3n) is 3.25. The van der Waals surface area contributed by atoms with Crippen LogP contribution >= 0.6 is 0 Å². The topological polar surface area (TPSA) is 90.0 Å². The maximum absolute atomic E-state index is 10.9. The monoisotopic (exact) mass is 310 g/mol. The molecule has 1 aromatic carbocycles. The number of sulfonamides is 1. The summed E-state index contributed by atoms with van der Waals surface area (Å²) >= 11 is 0. The number of aromatic nitrogens is 2. The summed E-state index contributed by atoms with van der Waals surface area (Å²) in [6.07, 6.45) is 1.55. The highest BCUT2D eigenvalue weighted by Gasteiger charge is 2.09. The molecule has 116 valence electrons. The Hall–Kier alpha value is -1.44. The lowest BCUT2D eigenvalue weighted by Crippen LogP contribution is -2.23. The number of para-hydroxylation sites is 2. The molecule has 0 spiro atoms. The minimum Gasteiger partial charge on any atom is -0.327 e. The Labute approximate surface area is 125 Å². The van der Waals surface area contributed by atoms with Crippen molar-refractivity contribution in [2.45, 2.75) is 32.9 Å². The molecular formula is C14H22N4O2S. The van der Waals surface area contributed by atoms with Crippen LogP contribution in [0.4, 0.5) is 0 Å². The second-order valence-corrected chi connectivity index (χ2v) is 6.80. The van der Waals surface area contributed by atoms with Crippen LogP contribution in [0.2, 0.25) is 0 Å². The molecule has 0 aliphatic heterocycles. The van der Waals surface area contributed by atoms with Crippen molar-refractivity contribution in [2.75, 3.05) is 12.3 Å². The summed E-state index contributed by atoms with van der Waals surface area (Å²) in [5, 5.41) is 8.20. The summed E-state index contributed by atoms with van der Waals surface area (Å²) in [6, 6.07) is 8.07. The lowest BCUT2D eigenvalue weighted by Gasteiger charge is -2.08. The van der Waals surface area contributed by atoms with Crippen LogP contribution in [0.1, 0.15) is 25.6 Å². The van der Waals surface area contributed by atoms with E-state index >= 15 is 0 Å². The Balaban J connectivity index is 1.99. The molecule has 3 N–H and O–H groups in total. The lowest BCUT2D eigenvalue weighted by atomic mass is 10.3. The van der Waals surface area contributed by atoms with Crippen molar-refractivity contribution in [3.05, 3.63) is 30.1 Å². The SMILES string of the molecule is CCCn1c(CNCCCS(N)(=O)=O)nc2ccccc21. The van der Waals surface area contributed by atoms with Gasteiger partial charge >= 0.3 is 0 Å². The summed E-state index contributed by atoms with van der Waals surface area (Å²) < 4.78 is 23.9. The Bertz CT molecular complexity index is 694. The van der Waals surface area contributed by atoms with Crippen molar-refractivity contribution in [3.63, 3.8) is 0 Å². The van der Waals surface area contributed by atoms with Crippen LogP contribution in [0.15, 0.2) is 24.3 Å². The van der Waals surface area contributed by atoms with E-state index < -0.39 is 10.0 Å². The zero-order valence-corrected chi connectivity index (χ0v) is 13.1. The molecule has 21 heavy (non-hydrogen) atoms. The summed E-state index contributed by atoms with van der Waals surface area (Å²) in [4.78, 5) is 4.64. The number of fused-ring (bicyclic) bond motifs is 1. The minimum atomic E-state index is -3.37. The third-order valence-corrected chi connectivity index (χ3v) is 4.10. The van der Waals surface area contributed by atoms with E-state index in [0.717, 1.165) is 29.8 Å². The van der Waals surface area contributed by atoms with E-state index in [9.17, 15) is 8.42 Å². The number of nitrogens with zero attached hydrogens (tertiary/aromatic N) is 2. The van der Waals surface area contributed by atoms with Crippen molar-refractivity contribution in [2.24, 2.45) is 5.14 Å². The molecule has 1 aromatic heterocycles. The fraction of sp³-hybridized carbons (Fsp3) is 0.500. The van der Waals surface area contributed by atoms with Gasteiger partial charge < -0.3 is 9.88 Å². The summed E-state index contributed by atoms with van der Waals surface area (Å²) in [6.45, 7) is 4.29. The smallest absolute Gasteiger partial charge is 0.209 e. The van der Waals surface area contributed by atoms with E-state index in [1.807, 2.05) is 18.2 Å². The number of rotatable bonds is 8. The van der Waals surface area contributed by atoms with E-state index in [2.05, 4.69) is 27.9 Å². The number of hydrogen-bond donors (Lipinski definition) is 2. The van der Waals surface area contributed by atoms with Gasteiger partial charge in [0, 0.05) is 6.54 Å². The van der Waals surface area contributed by atoms with Gasteiger partial charge in [0.25, 0.3) is 0 Å². The molecule has 2 aromatic rings. The number of hydrogen-bond acceptors (Lipinski definition) is 4. The van der Waals surface area contributed by atoms with Crippen molar-refractivity contribution < 1.29 is 8.42 Å². The van der Waals surface area contributed by atoms with Gasteiger partial charge in [0.05, 0.1) is 23.3 Å². The van der Waals surface area contributed by atoms with Gasteiger partial charge in [-0.15, -0.1) is 0 Å². The van der Waals surface area contributed by atoms with Crippen LogP contribution in [-0.2, 0) is 23.1 Å². The predicted octanol–water partition coefficient (Wildman–Crippen LogP) is 1.21. The number of benzene rings is 1. The normalized spacial score (nSPS) is 12.1. The van der Waals surface area contributed by atoms with Crippen LogP contribution in [0.5, 0.6) is 0 Å². The quantitative estimate of drug-likeness (QED) is 0.717. The van der Waals surface area contributed by atoms with Crippen LogP contribution in [0, 0.1) is 0 Å². The standard InChI is InChI=1S/C14H22N4O2S/c1-2-9-18-13-7-4-3-6-12(13)17-14(18)11-16-8-5-10-21(15,19)20/h3-4,6-7,16H,2,5,8-11H2,1H3,(H2,15,19,20).